The van der Waals surface area contributed by atoms with Crippen molar-refractivity contribution in [2.45, 2.75) is 57.4 Å². The van der Waals surface area contributed by atoms with Gasteiger partial charge in [-0.1, -0.05) is 38.0 Å². The molecule has 0 bridgehead atoms. The molecule has 0 aliphatic carbocycles. The maximum Gasteiger partial charge on any atom is 0.307 e. The molecule has 4 rings (SSSR count). The number of fused-ring (bicyclic) bond motifs is 2. The van der Waals surface area contributed by atoms with Gasteiger partial charge in [-0.15, -0.1) is 0 Å². The van der Waals surface area contributed by atoms with E-state index in [0.29, 0.717) is 29.4 Å². The van der Waals surface area contributed by atoms with E-state index in [1.807, 2.05) is 19.9 Å². The zero-order valence-corrected chi connectivity index (χ0v) is 24.0. The van der Waals surface area contributed by atoms with Crippen LogP contribution in [-0.2, 0) is 26.1 Å². The topological polar surface area (TPSA) is 117 Å². The summed E-state index contributed by atoms with van der Waals surface area (Å²) in [6.07, 6.45) is 3.45. The summed E-state index contributed by atoms with van der Waals surface area (Å²) in [7, 11) is -2.35. The number of amides is 1. The number of rotatable bonds is 12. The lowest BCUT2D eigenvalue weighted by atomic mass is 10.2. The van der Waals surface area contributed by atoms with Crippen LogP contribution in [0.5, 0.6) is 11.5 Å². The van der Waals surface area contributed by atoms with Gasteiger partial charge >= 0.3 is 5.97 Å². The molecular formula is C27H33N3O7S2. The first-order chi connectivity index (χ1) is 18.8. The highest BCUT2D eigenvalue weighted by Gasteiger charge is 2.24. The molecule has 2 aromatic carbocycles. The van der Waals surface area contributed by atoms with E-state index in [4.69, 9.17) is 14.2 Å². The third-order valence-corrected chi connectivity index (χ3v) is 9.36. The number of thiazole rings is 1. The Labute approximate surface area is 231 Å². The van der Waals surface area contributed by atoms with Gasteiger partial charge in [0.15, 0.2) is 16.3 Å². The predicted octanol–water partition coefficient (Wildman–Crippen LogP) is 4.33. The molecule has 0 fully saturated rings. The van der Waals surface area contributed by atoms with E-state index in [9.17, 15) is 18.0 Å². The van der Waals surface area contributed by atoms with Crippen molar-refractivity contribution in [3.63, 3.8) is 0 Å². The van der Waals surface area contributed by atoms with Crippen molar-refractivity contribution in [3.05, 3.63) is 46.8 Å². The number of aromatic nitrogens is 1. The standard InChI is InChI=1S/C27H33N3O7S2/c1-4-6-13-29(14-7-5-2)39(33,34)20-10-8-19(9-11-20)26(32)28-27-30(15-12-25(31)35-3)21-16-22-23(37-18-36-22)17-24(21)38-27/h8-11,16-17H,4-7,12-15,18H2,1-3H3. The molecule has 0 atom stereocenters. The number of aryl methyl sites for hydroxylation is 1. The maximum absolute atomic E-state index is 13.3. The molecule has 10 nitrogen and oxygen atoms in total. The van der Waals surface area contributed by atoms with Crippen LogP contribution >= 0.6 is 11.3 Å². The molecule has 1 amide bonds. The van der Waals surface area contributed by atoms with Gasteiger partial charge in [-0.25, -0.2) is 8.42 Å². The zero-order valence-electron chi connectivity index (χ0n) is 22.3. The largest absolute Gasteiger partial charge is 0.469 e. The number of carbonyl (C=O) groups is 2. The Balaban J connectivity index is 1.64. The molecule has 39 heavy (non-hydrogen) atoms. The van der Waals surface area contributed by atoms with E-state index < -0.39 is 15.9 Å². The molecule has 3 aromatic rings. The Morgan fingerprint density at radius 2 is 1.69 bits per heavy atom. The van der Waals surface area contributed by atoms with Crippen LogP contribution in [0.15, 0.2) is 46.3 Å². The van der Waals surface area contributed by atoms with Crippen molar-refractivity contribution in [2.24, 2.45) is 4.99 Å². The number of unbranched alkanes of at least 4 members (excludes halogenated alkanes) is 2. The molecule has 210 valence electrons. The van der Waals surface area contributed by atoms with Crippen LogP contribution in [0.25, 0.3) is 10.2 Å². The normalized spacial score (nSPS) is 13.4. The number of hydrogen-bond donors (Lipinski definition) is 0. The fraction of sp³-hybridized carbons (Fsp3) is 0.444. The van der Waals surface area contributed by atoms with Crippen LogP contribution in [-0.4, -0.2) is 56.2 Å². The number of methoxy groups -OCH3 is 1. The van der Waals surface area contributed by atoms with E-state index in [0.717, 1.165) is 35.9 Å². The molecule has 0 saturated carbocycles. The summed E-state index contributed by atoms with van der Waals surface area (Å²) in [5.74, 6) is 0.272. The zero-order chi connectivity index (χ0) is 28.0. The van der Waals surface area contributed by atoms with Crippen molar-refractivity contribution in [1.29, 1.82) is 0 Å². The fourth-order valence-corrected chi connectivity index (χ4v) is 6.74. The maximum atomic E-state index is 13.3. The molecule has 1 aromatic heterocycles. The van der Waals surface area contributed by atoms with Crippen molar-refractivity contribution in [3.8, 4) is 11.5 Å². The highest BCUT2D eigenvalue weighted by atomic mass is 32.2. The smallest absolute Gasteiger partial charge is 0.307 e. The number of esters is 1. The second-order valence-corrected chi connectivity index (χ2v) is 12.0. The minimum absolute atomic E-state index is 0.0945. The second-order valence-electron chi connectivity index (χ2n) is 9.09. The van der Waals surface area contributed by atoms with Crippen molar-refractivity contribution >= 4 is 43.5 Å². The number of nitrogens with zero attached hydrogens (tertiary/aromatic N) is 3. The molecule has 2 heterocycles. The first-order valence-electron chi connectivity index (χ1n) is 13.0. The number of benzene rings is 2. The molecule has 0 saturated heterocycles. The third-order valence-electron chi connectivity index (χ3n) is 6.40. The Morgan fingerprint density at radius 3 is 2.31 bits per heavy atom. The average molecular weight is 576 g/mol. The van der Waals surface area contributed by atoms with E-state index in [1.54, 1.807) is 10.6 Å². The number of carbonyl (C=O) groups excluding carboxylic acids is 2. The Bertz CT molecular complexity index is 1500. The predicted molar refractivity (Wildman–Crippen MR) is 147 cm³/mol. The second kappa shape index (κ2) is 12.8. The minimum atomic E-state index is -3.67. The lowest BCUT2D eigenvalue weighted by molar-refractivity contribution is -0.140. The van der Waals surface area contributed by atoms with Crippen LogP contribution in [0.2, 0.25) is 0 Å². The average Bonchev–Trinajstić information content (AvgIpc) is 3.53. The number of hydrogen-bond acceptors (Lipinski definition) is 8. The van der Waals surface area contributed by atoms with Gasteiger partial charge in [-0.05, 0) is 37.1 Å². The first kappa shape index (κ1) is 28.8. The van der Waals surface area contributed by atoms with Gasteiger partial charge in [0.1, 0.15) is 0 Å². The summed E-state index contributed by atoms with van der Waals surface area (Å²) in [6.45, 7) is 5.36. The summed E-state index contributed by atoms with van der Waals surface area (Å²) in [6, 6.07) is 9.51. The summed E-state index contributed by atoms with van der Waals surface area (Å²) < 4.78 is 46.4. The number of ether oxygens (including phenoxy) is 3. The molecule has 0 N–H and O–H groups in total. The van der Waals surface area contributed by atoms with E-state index in [2.05, 4.69) is 4.99 Å². The van der Waals surface area contributed by atoms with E-state index >= 15 is 0 Å². The molecule has 1 aliphatic rings. The van der Waals surface area contributed by atoms with Crippen molar-refractivity contribution in [1.82, 2.24) is 8.87 Å². The molecule has 1 aliphatic heterocycles. The van der Waals surface area contributed by atoms with Crippen LogP contribution in [0.4, 0.5) is 0 Å². The fourth-order valence-electron chi connectivity index (χ4n) is 4.16. The van der Waals surface area contributed by atoms with Gasteiger partial charge in [0.2, 0.25) is 16.8 Å². The van der Waals surface area contributed by atoms with Gasteiger partial charge < -0.3 is 18.8 Å². The third kappa shape index (κ3) is 6.51. The van der Waals surface area contributed by atoms with E-state index in [-0.39, 0.29) is 36.2 Å². The molecular weight excluding hydrogens is 542 g/mol. The lowest BCUT2D eigenvalue weighted by Crippen LogP contribution is -2.33. The molecule has 0 radical (unpaired) electrons. The molecule has 12 heteroatoms. The van der Waals surface area contributed by atoms with Crippen molar-refractivity contribution in [2.75, 3.05) is 27.0 Å². The first-order valence-corrected chi connectivity index (χ1v) is 15.2. The monoisotopic (exact) mass is 575 g/mol. The van der Waals surface area contributed by atoms with Crippen molar-refractivity contribution < 1.29 is 32.2 Å². The van der Waals surface area contributed by atoms with Crippen LogP contribution in [0.3, 0.4) is 0 Å². The van der Waals surface area contributed by atoms with Crippen LogP contribution < -0.4 is 14.3 Å². The summed E-state index contributed by atoms with van der Waals surface area (Å²) in [5, 5.41) is 0. The van der Waals surface area contributed by atoms with Gasteiger partial charge in [0.25, 0.3) is 5.91 Å². The van der Waals surface area contributed by atoms with Crippen LogP contribution in [0, 0.1) is 0 Å². The SMILES string of the molecule is CCCCN(CCCC)S(=O)(=O)c1ccc(C(=O)N=c2sc3cc4c(cc3n2CCC(=O)OC)OCO4)cc1. The summed E-state index contributed by atoms with van der Waals surface area (Å²) >= 11 is 1.28. The number of sulfonamides is 1. The minimum Gasteiger partial charge on any atom is -0.469 e. The highest BCUT2D eigenvalue weighted by molar-refractivity contribution is 7.89. The Kier molecular flexibility index (Phi) is 9.41. The molecule has 0 unspecified atom stereocenters. The Hall–Kier alpha value is -3.22. The van der Waals surface area contributed by atoms with Gasteiger partial charge in [-0.2, -0.15) is 9.30 Å². The summed E-state index contributed by atoms with van der Waals surface area (Å²) in [4.78, 5) is 29.8. The van der Waals surface area contributed by atoms with Crippen LogP contribution in [0.1, 0.15) is 56.3 Å². The summed E-state index contributed by atoms with van der Waals surface area (Å²) in [5.41, 5.74) is 1.01. The quantitative estimate of drug-likeness (QED) is 0.295. The Morgan fingerprint density at radius 1 is 1.05 bits per heavy atom. The molecule has 0 spiro atoms. The van der Waals surface area contributed by atoms with E-state index in [1.165, 1.54) is 47.0 Å². The van der Waals surface area contributed by atoms with Gasteiger partial charge in [0.05, 0.1) is 28.6 Å². The lowest BCUT2D eigenvalue weighted by Gasteiger charge is -2.22. The van der Waals surface area contributed by atoms with Gasteiger partial charge in [-0.3, -0.25) is 9.59 Å². The highest BCUT2D eigenvalue weighted by Crippen LogP contribution is 2.37. The van der Waals surface area contributed by atoms with Gasteiger partial charge in [0, 0.05) is 37.3 Å².